The smallest absolute Gasteiger partial charge is 0.102 e. The minimum Gasteiger partial charge on any atom is -0.386 e. The fraction of sp³-hybridized carbons (Fsp3) is 0.357. The molecule has 1 atom stereocenters. The van der Waals surface area contributed by atoms with E-state index in [2.05, 4.69) is 35.9 Å². The maximum Gasteiger partial charge on any atom is 0.102 e. The van der Waals surface area contributed by atoms with Gasteiger partial charge in [-0.25, -0.2) is 4.98 Å². The first-order chi connectivity index (χ1) is 8.09. The van der Waals surface area contributed by atoms with E-state index in [0.29, 0.717) is 6.42 Å². The number of hydrogen-bond donors (Lipinski definition) is 2. The van der Waals surface area contributed by atoms with Gasteiger partial charge in [-0.15, -0.1) is 0 Å². The largest absolute Gasteiger partial charge is 0.386 e. The van der Waals surface area contributed by atoms with Crippen molar-refractivity contribution in [3.63, 3.8) is 0 Å². The topological polar surface area (TPSA) is 48.9 Å². The number of imidazole rings is 1. The van der Waals surface area contributed by atoms with Crippen LogP contribution in [0.3, 0.4) is 0 Å². The van der Waals surface area contributed by atoms with Crippen LogP contribution in [0.2, 0.25) is 0 Å². The Morgan fingerprint density at radius 1 is 1.24 bits per heavy atom. The summed E-state index contributed by atoms with van der Waals surface area (Å²) in [7, 11) is 0. The van der Waals surface area contributed by atoms with Gasteiger partial charge < -0.3 is 10.1 Å². The Labute approximate surface area is 102 Å². The van der Waals surface area contributed by atoms with E-state index < -0.39 is 6.10 Å². The molecule has 0 radical (unpaired) electrons. The summed E-state index contributed by atoms with van der Waals surface area (Å²) in [5, 5.41) is 10.2. The third kappa shape index (κ3) is 2.39. The van der Waals surface area contributed by atoms with Crippen molar-refractivity contribution in [1.82, 2.24) is 9.97 Å². The molecule has 1 aromatic carbocycles. The molecule has 1 unspecified atom stereocenters. The number of aryl methyl sites for hydroxylation is 3. The number of hydrogen-bond acceptors (Lipinski definition) is 2. The van der Waals surface area contributed by atoms with Crippen molar-refractivity contribution in [2.45, 2.75) is 33.3 Å². The molecule has 0 aliphatic rings. The molecule has 2 aromatic rings. The van der Waals surface area contributed by atoms with E-state index in [1.807, 2.05) is 13.0 Å². The zero-order valence-electron chi connectivity index (χ0n) is 10.5. The monoisotopic (exact) mass is 230 g/mol. The molecule has 1 heterocycles. The van der Waals surface area contributed by atoms with E-state index in [9.17, 15) is 5.11 Å². The summed E-state index contributed by atoms with van der Waals surface area (Å²) in [5.41, 5.74) is 5.33. The Morgan fingerprint density at radius 2 is 1.88 bits per heavy atom. The highest BCUT2D eigenvalue weighted by Gasteiger charge is 2.15. The van der Waals surface area contributed by atoms with Crippen molar-refractivity contribution in [2.24, 2.45) is 0 Å². The van der Waals surface area contributed by atoms with Crippen LogP contribution in [0.4, 0.5) is 0 Å². The summed E-state index contributed by atoms with van der Waals surface area (Å²) in [6.07, 6.45) is 1.70. The Hall–Kier alpha value is -1.61. The van der Waals surface area contributed by atoms with Crippen molar-refractivity contribution in [3.8, 4) is 0 Å². The average molecular weight is 230 g/mol. The Balaban J connectivity index is 2.25. The molecular weight excluding hydrogens is 212 g/mol. The molecule has 0 saturated heterocycles. The minimum absolute atomic E-state index is 0.541. The summed E-state index contributed by atoms with van der Waals surface area (Å²) in [5.74, 6) is 0. The highest BCUT2D eigenvalue weighted by molar-refractivity contribution is 5.34. The molecule has 2 rings (SSSR count). The van der Waals surface area contributed by atoms with Gasteiger partial charge in [0.15, 0.2) is 0 Å². The predicted molar refractivity (Wildman–Crippen MR) is 67.9 cm³/mol. The first-order valence-electron chi connectivity index (χ1n) is 5.82. The van der Waals surface area contributed by atoms with Crippen LogP contribution in [0, 0.1) is 20.8 Å². The average Bonchev–Trinajstić information content (AvgIpc) is 2.70. The van der Waals surface area contributed by atoms with Crippen molar-refractivity contribution in [2.75, 3.05) is 0 Å². The summed E-state index contributed by atoms with van der Waals surface area (Å²) in [6, 6.07) is 6.19. The van der Waals surface area contributed by atoms with Crippen LogP contribution in [0.1, 0.15) is 34.2 Å². The van der Waals surface area contributed by atoms with Gasteiger partial charge in [-0.3, -0.25) is 0 Å². The second-order valence-corrected chi connectivity index (χ2v) is 4.50. The highest BCUT2D eigenvalue weighted by atomic mass is 16.3. The predicted octanol–water partition coefficient (Wildman–Crippen LogP) is 2.61. The number of aromatic amines is 1. The van der Waals surface area contributed by atoms with Crippen molar-refractivity contribution < 1.29 is 5.11 Å². The molecule has 0 amide bonds. The first-order valence-corrected chi connectivity index (χ1v) is 5.82. The van der Waals surface area contributed by atoms with Gasteiger partial charge in [-0.1, -0.05) is 18.2 Å². The zero-order chi connectivity index (χ0) is 12.4. The molecule has 0 aliphatic carbocycles. The van der Waals surface area contributed by atoms with Crippen molar-refractivity contribution in [3.05, 3.63) is 52.6 Å². The van der Waals surface area contributed by atoms with Crippen LogP contribution in [0.25, 0.3) is 0 Å². The third-order valence-electron chi connectivity index (χ3n) is 3.23. The molecule has 0 saturated carbocycles. The fourth-order valence-electron chi connectivity index (χ4n) is 2.17. The molecular formula is C14H18N2O. The lowest BCUT2D eigenvalue weighted by molar-refractivity contribution is 0.173. The highest BCUT2D eigenvalue weighted by Crippen LogP contribution is 2.22. The van der Waals surface area contributed by atoms with Crippen molar-refractivity contribution >= 4 is 0 Å². The number of rotatable bonds is 3. The van der Waals surface area contributed by atoms with Crippen LogP contribution in [-0.2, 0) is 6.42 Å². The van der Waals surface area contributed by atoms with Gasteiger partial charge in [0.2, 0.25) is 0 Å². The van der Waals surface area contributed by atoms with E-state index >= 15 is 0 Å². The summed E-state index contributed by atoms with van der Waals surface area (Å²) in [4.78, 5) is 7.16. The second kappa shape index (κ2) is 4.72. The first kappa shape index (κ1) is 11.9. The third-order valence-corrected chi connectivity index (χ3v) is 3.23. The van der Waals surface area contributed by atoms with Crippen LogP contribution >= 0.6 is 0 Å². The zero-order valence-corrected chi connectivity index (χ0v) is 10.5. The number of H-pyrrole nitrogens is 1. The number of aliphatic hydroxyl groups is 1. The molecule has 3 nitrogen and oxygen atoms in total. The maximum atomic E-state index is 10.2. The van der Waals surface area contributed by atoms with E-state index in [4.69, 9.17) is 0 Å². The Morgan fingerprint density at radius 3 is 2.41 bits per heavy atom. The Kier molecular flexibility index (Phi) is 3.29. The lowest BCUT2D eigenvalue weighted by Gasteiger charge is -2.14. The molecule has 0 aliphatic heterocycles. The van der Waals surface area contributed by atoms with Gasteiger partial charge in [-0.2, -0.15) is 0 Å². The molecule has 1 aromatic heterocycles. The molecule has 0 spiro atoms. The summed E-state index contributed by atoms with van der Waals surface area (Å²) in [6.45, 7) is 6.08. The number of aromatic nitrogens is 2. The molecule has 3 heteroatoms. The van der Waals surface area contributed by atoms with Gasteiger partial charge in [-0.05, 0) is 37.5 Å². The molecule has 0 fully saturated rings. The summed E-state index contributed by atoms with van der Waals surface area (Å²) >= 11 is 0. The van der Waals surface area contributed by atoms with Gasteiger partial charge in [0.1, 0.15) is 6.10 Å². The molecule has 17 heavy (non-hydrogen) atoms. The summed E-state index contributed by atoms with van der Waals surface area (Å²) < 4.78 is 0. The Bertz CT molecular complexity index is 496. The normalized spacial score (nSPS) is 12.7. The van der Waals surface area contributed by atoms with E-state index in [0.717, 1.165) is 11.4 Å². The number of nitrogens with one attached hydrogen (secondary N) is 1. The van der Waals surface area contributed by atoms with Crippen molar-refractivity contribution in [1.29, 1.82) is 0 Å². The van der Waals surface area contributed by atoms with E-state index in [1.165, 1.54) is 16.7 Å². The lowest BCUT2D eigenvalue weighted by atomic mass is 9.96. The SMILES string of the molecule is Cc1cccc(C)c1CC(O)c1nc[nH]c1C. The quantitative estimate of drug-likeness (QED) is 0.851. The number of nitrogens with zero attached hydrogens (tertiary/aromatic N) is 1. The van der Waals surface area contributed by atoms with Gasteiger partial charge >= 0.3 is 0 Å². The lowest BCUT2D eigenvalue weighted by Crippen LogP contribution is -2.06. The molecule has 90 valence electrons. The maximum absolute atomic E-state index is 10.2. The van der Waals surface area contributed by atoms with E-state index in [1.54, 1.807) is 6.33 Å². The van der Waals surface area contributed by atoms with Crippen LogP contribution in [0.15, 0.2) is 24.5 Å². The minimum atomic E-state index is -0.541. The standard InChI is InChI=1S/C14H18N2O/c1-9-5-4-6-10(2)12(9)7-13(17)14-11(3)15-8-16-14/h4-6,8,13,17H,7H2,1-3H3,(H,15,16). The fourth-order valence-corrected chi connectivity index (χ4v) is 2.17. The number of aliphatic hydroxyl groups excluding tert-OH is 1. The van der Waals surface area contributed by atoms with Gasteiger partial charge in [0, 0.05) is 12.1 Å². The molecule has 2 N–H and O–H groups in total. The van der Waals surface area contributed by atoms with Gasteiger partial charge in [0.05, 0.1) is 12.0 Å². The molecule has 0 bridgehead atoms. The second-order valence-electron chi connectivity index (χ2n) is 4.50. The van der Waals surface area contributed by atoms with E-state index in [-0.39, 0.29) is 0 Å². The van der Waals surface area contributed by atoms with Crippen LogP contribution < -0.4 is 0 Å². The van der Waals surface area contributed by atoms with Crippen LogP contribution in [-0.4, -0.2) is 15.1 Å². The van der Waals surface area contributed by atoms with Crippen LogP contribution in [0.5, 0.6) is 0 Å². The number of benzene rings is 1. The van der Waals surface area contributed by atoms with Gasteiger partial charge in [0.25, 0.3) is 0 Å².